The molecule has 26 heavy (non-hydrogen) atoms. The quantitative estimate of drug-likeness (QED) is 0.481. The SMILES string of the molecule is Cc1ccc(S(=O)(=O)Oc2cccc(C=Nc3ccccc3C)c2)cc1. The van der Waals surface area contributed by atoms with Crippen LogP contribution in [0.1, 0.15) is 16.7 Å². The Morgan fingerprint density at radius 1 is 0.885 bits per heavy atom. The molecular weight excluding hydrogens is 346 g/mol. The molecule has 0 unspecified atom stereocenters. The summed E-state index contributed by atoms with van der Waals surface area (Å²) in [7, 11) is -3.87. The van der Waals surface area contributed by atoms with Crippen LogP contribution in [0.4, 0.5) is 5.69 Å². The predicted octanol–water partition coefficient (Wildman–Crippen LogP) is 4.82. The topological polar surface area (TPSA) is 55.7 Å². The van der Waals surface area contributed by atoms with Crippen molar-refractivity contribution in [2.75, 3.05) is 0 Å². The highest BCUT2D eigenvalue weighted by atomic mass is 32.2. The van der Waals surface area contributed by atoms with Gasteiger partial charge in [-0.2, -0.15) is 8.42 Å². The zero-order valence-corrected chi connectivity index (χ0v) is 15.4. The number of rotatable bonds is 5. The van der Waals surface area contributed by atoms with Crippen LogP contribution in [0.15, 0.2) is 82.7 Å². The highest BCUT2D eigenvalue weighted by Gasteiger charge is 2.16. The zero-order chi connectivity index (χ0) is 18.6. The number of benzene rings is 3. The van der Waals surface area contributed by atoms with E-state index in [1.54, 1.807) is 36.5 Å². The first-order valence-electron chi connectivity index (χ1n) is 8.15. The molecule has 3 rings (SSSR count). The lowest BCUT2D eigenvalue weighted by atomic mass is 10.2. The van der Waals surface area contributed by atoms with E-state index in [0.717, 1.165) is 22.4 Å². The van der Waals surface area contributed by atoms with E-state index in [0.29, 0.717) is 0 Å². The van der Waals surface area contributed by atoms with Gasteiger partial charge in [0, 0.05) is 6.21 Å². The van der Waals surface area contributed by atoms with Gasteiger partial charge in [-0.05, 0) is 55.3 Å². The van der Waals surface area contributed by atoms with Gasteiger partial charge in [0.15, 0.2) is 0 Å². The van der Waals surface area contributed by atoms with Gasteiger partial charge in [0.05, 0.1) is 5.69 Å². The van der Waals surface area contributed by atoms with Crippen LogP contribution in [-0.4, -0.2) is 14.6 Å². The van der Waals surface area contributed by atoms with Crippen LogP contribution in [0.2, 0.25) is 0 Å². The van der Waals surface area contributed by atoms with Gasteiger partial charge in [0.2, 0.25) is 0 Å². The normalized spacial score (nSPS) is 11.6. The molecule has 132 valence electrons. The van der Waals surface area contributed by atoms with Gasteiger partial charge < -0.3 is 4.18 Å². The van der Waals surface area contributed by atoms with E-state index in [1.165, 1.54) is 12.1 Å². The number of nitrogens with zero attached hydrogens (tertiary/aromatic N) is 1. The second-order valence-corrected chi connectivity index (χ2v) is 7.51. The monoisotopic (exact) mass is 365 g/mol. The van der Waals surface area contributed by atoms with E-state index in [9.17, 15) is 8.42 Å². The third kappa shape index (κ3) is 4.37. The molecule has 0 aromatic heterocycles. The van der Waals surface area contributed by atoms with Crippen LogP contribution in [0.3, 0.4) is 0 Å². The van der Waals surface area contributed by atoms with Gasteiger partial charge in [0.1, 0.15) is 10.6 Å². The fourth-order valence-electron chi connectivity index (χ4n) is 2.38. The molecule has 0 amide bonds. The molecule has 0 saturated heterocycles. The molecule has 0 atom stereocenters. The molecule has 0 fully saturated rings. The summed E-state index contributed by atoms with van der Waals surface area (Å²) in [5, 5.41) is 0. The van der Waals surface area contributed by atoms with Gasteiger partial charge in [-0.25, -0.2) is 0 Å². The fourth-order valence-corrected chi connectivity index (χ4v) is 3.30. The zero-order valence-electron chi connectivity index (χ0n) is 14.6. The van der Waals surface area contributed by atoms with Crippen LogP contribution in [0.5, 0.6) is 5.75 Å². The first-order valence-corrected chi connectivity index (χ1v) is 9.56. The van der Waals surface area contributed by atoms with E-state index in [-0.39, 0.29) is 10.6 Å². The van der Waals surface area contributed by atoms with Gasteiger partial charge in [-0.15, -0.1) is 0 Å². The van der Waals surface area contributed by atoms with Crippen molar-refractivity contribution < 1.29 is 12.6 Å². The standard InChI is InChI=1S/C21H19NO3S/c1-16-10-12-20(13-11-16)26(23,24)25-19-8-5-7-18(14-19)15-22-21-9-4-3-6-17(21)2/h3-15H,1-2H3. The Labute approximate surface area is 153 Å². The lowest BCUT2D eigenvalue weighted by molar-refractivity contribution is 0.486. The summed E-state index contributed by atoms with van der Waals surface area (Å²) >= 11 is 0. The van der Waals surface area contributed by atoms with E-state index in [4.69, 9.17) is 4.18 Å². The van der Waals surface area contributed by atoms with Crippen LogP contribution in [0, 0.1) is 13.8 Å². The van der Waals surface area contributed by atoms with E-state index in [2.05, 4.69) is 4.99 Å². The third-order valence-corrected chi connectivity index (χ3v) is 5.10. The summed E-state index contributed by atoms with van der Waals surface area (Å²) in [5.74, 6) is 0.249. The number of aryl methyl sites for hydroxylation is 2. The first kappa shape index (κ1) is 17.9. The van der Waals surface area contributed by atoms with Gasteiger partial charge in [0.25, 0.3) is 0 Å². The Morgan fingerprint density at radius 2 is 1.62 bits per heavy atom. The summed E-state index contributed by atoms with van der Waals surface area (Å²) in [6.07, 6.45) is 1.69. The molecule has 0 aliphatic carbocycles. The van der Waals surface area contributed by atoms with Crippen molar-refractivity contribution in [3.8, 4) is 5.75 Å². The Morgan fingerprint density at radius 3 is 2.35 bits per heavy atom. The van der Waals surface area contributed by atoms with E-state index >= 15 is 0 Å². The van der Waals surface area contributed by atoms with Crippen molar-refractivity contribution in [1.29, 1.82) is 0 Å². The molecule has 0 spiro atoms. The maximum Gasteiger partial charge on any atom is 0.339 e. The largest absolute Gasteiger partial charge is 0.379 e. The molecule has 0 bridgehead atoms. The van der Waals surface area contributed by atoms with E-state index < -0.39 is 10.1 Å². The Balaban J connectivity index is 1.81. The number of para-hydroxylation sites is 1. The molecule has 4 nitrogen and oxygen atoms in total. The molecule has 3 aromatic rings. The maximum atomic E-state index is 12.4. The summed E-state index contributed by atoms with van der Waals surface area (Å²) in [5.41, 5.74) is 3.67. The average molecular weight is 365 g/mol. The van der Waals surface area contributed by atoms with Crippen LogP contribution in [0.25, 0.3) is 0 Å². The molecule has 3 aromatic carbocycles. The minimum atomic E-state index is -3.87. The first-order chi connectivity index (χ1) is 12.4. The molecule has 0 N–H and O–H groups in total. The molecule has 0 radical (unpaired) electrons. The Kier molecular flexibility index (Phi) is 5.19. The fraction of sp³-hybridized carbons (Fsp3) is 0.0952. The second kappa shape index (κ2) is 7.54. The minimum Gasteiger partial charge on any atom is -0.379 e. The summed E-state index contributed by atoms with van der Waals surface area (Å²) in [4.78, 5) is 4.58. The Bertz CT molecular complexity index is 1040. The van der Waals surface area contributed by atoms with Crippen LogP contribution >= 0.6 is 0 Å². The number of aliphatic imine (C=N–C) groups is 1. The van der Waals surface area contributed by atoms with Crippen LogP contribution in [-0.2, 0) is 10.1 Å². The van der Waals surface area contributed by atoms with Gasteiger partial charge in [-0.1, -0.05) is 48.0 Å². The molecule has 0 heterocycles. The maximum absolute atomic E-state index is 12.4. The summed E-state index contributed by atoms with van der Waals surface area (Å²) in [6.45, 7) is 3.88. The van der Waals surface area contributed by atoms with Gasteiger partial charge >= 0.3 is 10.1 Å². The third-order valence-electron chi connectivity index (χ3n) is 3.84. The highest BCUT2D eigenvalue weighted by molar-refractivity contribution is 7.87. The molecule has 0 aliphatic rings. The molecule has 0 saturated carbocycles. The summed E-state index contributed by atoms with van der Waals surface area (Å²) < 4.78 is 30.0. The summed E-state index contributed by atoms with van der Waals surface area (Å²) in [6, 6.07) is 21.2. The Hall–Kier alpha value is -2.92. The number of hydrogen-bond acceptors (Lipinski definition) is 4. The average Bonchev–Trinajstić information content (AvgIpc) is 2.61. The molecular formula is C21H19NO3S. The second-order valence-electron chi connectivity index (χ2n) is 5.97. The van der Waals surface area contributed by atoms with Crippen molar-refractivity contribution in [3.63, 3.8) is 0 Å². The predicted molar refractivity (Wildman–Crippen MR) is 104 cm³/mol. The van der Waals surface area contributed by atoms with Crippen LogP contribution < -0.4 is 4.18 Å². The smallest absolute Gasteiger partial charge is 0.339 e. The van der Waals surface area contributed by atoms with E-state index in [1.807, 2.05) is 44.2 Å². The molecule has 5 heteroatoms. The van der Waals surface area contributed by atoms with Crippen molar-refractivity contribution >= 4 is 22.0 Å². The van der Waals surface area contributed by atoms with Crippen molar-refractivity contribution in [1.82, 2.24) is 0 Å². The highest BCUT2D eigenvalue weighted by Crippen LogP contribution is 2.21. The van der Waals surface area contributed by atoms with Crippen molar-refractivity contribution in [2.24, 2.45) is 4.99 Å². The van der Waals surface area contributed by atoms with Gasteiger partial charge in [-0.3, -0.25) is 4.99 Å². The number of hydrogen-bond donors (Lipinski definition) is 0. The minimum absolute atomic E-state index is 0.127. The van der Waals surface area contributed by atoms with Crippen molar-refractivity contribution in [2.45, 2.75) is 18.7 Å². The lowest BCUT2D eigenvalue weighted by Gasteiger charge is -2.08. The molecule has 0 aliphatic heterocycles. The lowest BCUT2D eigenvalue weighted by Crippen LogP contribution is -2.09. The van der Waals surface area contributed by atoms with Crippen molar-refractivity contribution in [3.05, 3.63) is 89.5 Å².